The molecule has 0 atom stereocenters. The van der Waals surface area contributed by atoms with Gasteiger partial charge >= 0.3 is 0 Å². The second kappa shape index (κ2) is 9.95. The van der Waals surface area contributed by atoms with E-state index in [0.717, 1.165) is 12.3 Å². The second-order valence-corrected chi connectivity index (χ2v) is 9.23. The van der Waals surface area contributed by atoms with Crippen LogP contribution in [0.5, 0.6) is 5.88 Å². The number of hydrogen-bond donors (Lipinski definition) is 1. The zero-order chi connectivity index (χ0) is 27.1. The third-order valence-corrected chi connectivity index (χ3v) is 5.92. The summed E-state index contributed by atoms with van der Waals surface area (Å²) >= 11 is 6.25. The van der Waals surface area contributed by atoms with Crippen molar-refractivity contribution >= 4 is 11.6 Å². The van der Waals surface area contributed by atoms with E-state index in [1.165, 1.54) is 44.4 Å². The fraction of sp³-hybridized carbons (Fsp3) is 0.231. The Kier molecular flexibility index (Phi) is 7.07. The Morgan fingerprint density at radius 1 is 1.08 bits per heavy atom. The Morgan fingerprint density at radius 2 is 1.81 bits per heavy atom. The zero-order valence-corrected chi connectivity index (χ0v) is 21.1. The lowest BCUT2D eigenvalue weighted by atomic mass is 10.1. The van der Waals surface area contributed by atoms with Gasteiger partial charge in [0.05, 0.1) is 11.9 Å². The summed E-state index contributed by atoms with van der Waals surface area (Å²) in [6, 6.07) is 8.66. The maximum Gasteiger partial charge on any atom is 0.280 e. The van der Waals surface area contributed by atoms with Gasteiger partial charge in [0.2, 0.25) is 5.88 Å². The fourth-order valence-electron chi connectivity index (χ4n) is 3.61. The number of aryl methyl sites for hydroxylation is 1. The number of benzene rings is 2. The first-order valence-corrected chi connectivity index (χ1v) is 11.5. The van der Waals surface area contributed by atoms with E-state index < -0.39 is 28.6 Å². The highest BCUT2D eigenvalue weighted by atomic mass is 35.5. The molecule has 0 aliphatic rings. The Hall–Kier alpha value is -3.76. The monoisotopic (exact) mass is 530 g/mol. The summed E-state index contributed by atoms with van der Waals surface area (Å²) in [5, 5.41) is 9.85. The van der Waals surface area contributed by atoms with Gasteiger partial charge in [0.25, 0.3) is 5.56 Å². The van der Waals surface area contributed by atoms with Gasteiger partial charge in [-0.15, -0.1) is 0 Å². The van der Waals surface area contributed by atoms with Crippen molar-refractivity contribution in [3.05, 3.63) is 98.2 Å². The predicted molar refractivity (Wildman–Crippen MR) is 131 cm³/mol. The van der Waals surface area contributed by atoms with Crippen LogP contribution in [0.4, 0.5) is 13.2 Å². The summed E-state index contributed by atoms with van der Waals surface area (Å²) in [5.41, 5.74) is -1.55. The zero-order valence-electron chi connectivity index (χ0n) is 20.3. The normalized spacial score (nSPS) is 11.6. The second-order valence-electron chi connectivity index (χ2n) is 8.85. The standard InChI is InChI=1S/C26H22ClF3N4O3/c1-13-18(28)9-8-16(21(13)30)12-37-23-20(27)24(35)34(14(2)32-23)17-7-5-6-15(10-17)22-19(29)11-31-25(33-22)26(3,4)36/h5-11,36H,12H2,1-4H3. The average molecular weight is 531 g/mol. The van der Waals surface area contributed by atoms with Crippen LogP contribution in [-0.2, 0) is 12.2 Å². The number of nitrogens with zero attached hydrogens (tertiary/aromatic N) is 4. The highest BCUT2D eigenvalue weighted by Crippen LogP contribution is 2.27. The van der Waals surface area contributed by atoms with Crippen LogP contribution in [0, 0.1) is 31.3 Å². The van der Waals surface area contributed by atoms with Crippen molar-refractivity contribution in [3.63, 3.8) is 0 Å². The fourth-order valence-corrected chi connectivity index (χ4v) is 3.80. The van der Waals surface area contributed by atoms with Gasteiger partial charge in [-0.1, -0.05) is 23.7 Å². The van der Waals surface area contributed by atoms with Crippen LogP contribution in [-0.4, -0.2) is 24.6 Å². The van der Waals surface area contributed by atoms with Gasteiger partial charge in [-0.2, -0.15) is 4.98 Å². The quantitative estimate of drug-likeness (QED) is 0.369. The van der Waals surface area contributed by atoms with Gasteiger partial charge in [-0.05, 0) is 52.0 Å². The van der Waals surface area contributed by atoms with Crippen molar-refractivity contribution < 1.29 is 23.0 Å². The summed E-state index contributed by atoms with van der Waals surface area (Å²) in [5.74, 6) is -2.15. The van der Waals surface area contributed by atoms with Gasteiger partial charge < -0.3 is 9.84 Å². The lowest BCUT2D eigenvalue weighted by molar-refractivity contribution is 0.0686. The summed E-state index contributed by atoms with van der Waals surface area (Å²) in [4.78, 5) is 25.4. The predicted octanol–water partition coefficient (Wildman–Crippen LogP) is 5.18. The molecule has 1 N–H and O–H groups in total. The van der Waals surface area contributed by atoms with Crippen LogP contribution < -0.4 is 10.3 Å². The van der Waals surface area contributed by atoms with Crippen LogP contribution in [0.25, 0.3) is 16.9 Å². The molecule has 0 aliphatic carbocycles. The molecule has 0 saturated heterocycles. The van der Waals surface area contributed by atoms with E-state index in [1.54, 1.807) is 18.2 Å². The number of ether oxygens (including phenoxy) is 1. The molecule has 0 aliphatic heterocycles. The molecule has 2 aromatic carbocycles. The van der Waals surface area contributed by atoms with Crippen LogP contribution in [0.3, 0.4) is 0 Å². The lowest BCUT2D eigenvalue weighted by Crippen LogP contribution is -2.23. The molecule has 0 saturated carbocycles. The summed E-state index contributed by atoms with van der Waals surface area (Å²) in [7, 11) is 0. The van der Waals surface area contributed by atoms with E-state index in [9.17, 15) is 23.1 Å². The molecular formula is C26H22ClF3N4O3. The largest absolute Gasteiger partial charge is 0.471 e. The number of aromatic nitrogens is 4. The van der Waals surface area contributed by atoms with Gasteiger partial charge in [0, 0.05) is 16.7 Å². The van der Waals surface area contributed by atoms with Gasteiger partial charge in [0.1, 0.15) is 35.4 Å². The first kappa shape index (κ1) is 26.3. The minimum absolute atomic E-state index is 0.0293. The van der Waals surface area contributed by atoms with Crippen LogP contribution >= 0.6 is 11.6 Å². The third-order valence-electron chi connectivity index (χ3n) is 5.60. The Morgan fingerprint density at radius 3 is 2.51 bits per heavy atom. The minimum atomic E-state index is -1.39. The molecule has 4 rings (SSSR count). The van der Waals surface area contributed by atoms with Gasteiger partial charge in [-0.3, -0.25) is 9.36 Å². The molecular weight excluding hydrogens is 509 g/mol. The summed E-state index contributed by atoms with van der Waals surface area (Å²) < 4.78 is 49.1. The number of rotatable bonds is 6. The van der Waals surface area contributed by atoms with E-state index in [2.05, 4.69) is 15.0 Å². The minimum Gasteiger partial charge on any atom is -0.471 e. The van der Waals surface area contributed by atoms with Gasteiger partial charge in [0.15, 0.2) is 16.7 Å². The Balaban J connectivity index is 1.70. The van der Waals surface area contributed by atoms with Crippen molar-refractivity contribution in [2.75, 3.05) is 0 Å². The van der Waals surface area contributed by atoms with Crippen molar-refractivity contribution in [2.45, 2.75) is 39.9 Å². The molecule has 0 spiro atoms. The number of halogens is 4. The maximum absolute atomic E-state index is 14.6. The molecule has 192 valence electrons. The molecule has 37 heavy (non-hydrogen) atoms. The van der Waals surface area contributed by atoms with Crippen molar-refractivity contribution in [1.29, 1.82) is 0 Å². The molecule has 4 aromatic rings. The molecule has 0 amide bonds. The molecule has 0 fully saturated rings. The van der Waals surface area contributed by atoms with Gasteiger partial charge in [-0.25, -0.2) is 23.1 Å². The summed E-state index contributed by atoms with van der Waals surface area (Å²) in [6.45, 7) is 5.47. The first-order valence-electron chi connectivity index (χ1n) is 11.1. The van der Waals surface area contributed by atoms with E-state index >= 15 is 0 Å². The average Bonchev–Trinajstić information content (AvgIpc) is 2.84. The molecule has 2 heterocycles. The van der Waals surface area contributed by atoms with E-state index in [1.807, 2.05) is 0 Å². The molecule has 0 bridgehead atoms. The van der Waals surface area contributed by atoms with Crippen LogP contribution in [0.2, 0.25) is 5.02 Å². The van der Waals surface area contributed by atoms with Crippen molar-refractivity contribution in [1.82, 2.24) is 19.5 Å². The third kappa shape index (κ3) is 5.21. The SMILES string of the molecule is Cc1c(F)ccc(COc2nc(C)n(-c3cccc(-c4nc(C(C)(C)O)ncc4F)c3)c(=O)c2Cl)c1F. The Labute approximate surface area is 215 Å². The number of hydrogen-bond acceptors (Lipinski definition) is 6. The number of aliphatic hydroxyl groups is 1. The maximum atomic E-state index is 14.6. The van der Waals surface area contributed by atoms with E-state index in [-0.39, 0.29) is 46.0 Å². The topological polar surface area (TPSA) is 90.1 Å². The molecule has 0 radical (unpaired) electrons. The smallest absolute Gasteiger partial charge is 0.280 e. The molecule has 7 nitrogen and oxygen atoms in total. The lowest BCUT2D eigenvalue weighted by Gasteiger charge is -2.17. The van der Waals surface area contributed by atoms with Crippen molar-refractivity contribution in [2.24, 2.45) is 0 Å². The first-order chi connectivity index (χ1) is 17.4. The molecule has 0 unspecified atom stereocenters. The highest BCUT2D eigenvalue weighted by Gasteiger charge is 2.23. The van der Waals surface area contributed by atoms with Crippen molar-refractivity contribution in [3.8, 4) is 22.8 Å². The summed E-state index contributed by atoms with van der Waals surface area (Å²) in [6.07, 6.45) is 0.968. The Bertz CT molecular complexity index is 1570. The van der Waals surface area contributed by atoms with E-state index in [0.29, 0.717) is 11.3 Å². The highest BCUT2D eigenvalue weighted by molar-refractivity contribution is 6.31. The molecule has 2 aromatic heterocycles. The van der Waals surface area contributed by atoms with Crippen LogP contribution in [0.15, 0.2) is 47.4 Å². The molecule has 11 heteroatoms. The van der Waals surface area contributed by atoms with Crippen LogP contribution in [0.1, 0.15) is 36.6 Å². The van der Waals surface area contributed by atoms with E-state index in [4.69, 9.17) is 16.3 Å².